The molecule has 0 radical (unpaired) electrons. The molecule has 60 heavy (non-hydrogen) atoms. The second-order valence-corrected chi connectivity index (χ2v) is 16.4. The van der Waals surface area contributed by atoms with Crippen molar-refractivity contribution in [1.29, 1.82) is 0 Å². The molecular weight excluding hydrogens is 729 g/mol. The Bertz CT molecular complexity index is 3490. The Labute approximate surface area is 348 Å². The molecular formula is C56H38N4. The first-order valence-electron chi connectivity index (χ1n) is 20.6. The summed E-state index contributed by atoms with van der Waals surface area (Å²) in [5.74, 6) is 1.92. The van der Waals surface area contributed by atoms with E-state index < -0.39 is 0 Å². The minimum Gasteiger partial charge on any atom is -0.309 e. The van der Waals surface area contributed by atoms with Crippen LogP contribution in [-0.4, -0.2) is 19.5 Å². The molecule has 4 nitrogen and oxygen atoms in total. The molecule has 2 heterocycles. The normalized spacial score (nSPS) is 13.0. The van der Waals surface area contributed by atoms with Crippen molar-refractivity contribution in [3.8, 4) is 62.1 Å². The number of fused-ring (bicyclic) bond motifs is 8. The van der Waals surface area contributed by atoms with Crippen molar-refractivity contribution < 1.29 is 0 Å². The van der Waals surface area contributed by atoms with E-state index in [-0.39, 0.29) is 5.41 Å². The SMILES string of the molecule is CC1(C)c2cc3ccccc3cc2-c2cc3c4ccccc4n(-c4ccc(-c5nc(-c6ccccc6)nc(-c6ccc(-c7ccccc7)cc6)n5)c5ccccc45)c3cc21. The maximum absolute atomic E-state index is 5.21. The Hall–Kier alpha value is -7.69. The lowest BCUT2D eigenvalue weighted by Gasteiger charge is -2.22. The number of rotatable bonds is 5. The van der Waals surface area contributed by atoms with Crippen molar-refractivity contribution in [2.75, 3.05) is 0 Å². The van der Waals surface area contributed by atoms with Crippen LogP contribution in [0.1, 0.15) is 25.0 Å². The smallest absolute Gasteiger partial charge is 0.164 e. The first-order chi connectivity index (χ1) is 29.5. The van der Waals surface area contributed by atoms with Crippen molar-refractivity contribution in [3.63, 3.8) is 0 Å². The fraction of sp³-hybridized carbons (Fsp3) is 0.0536. The Morgan fingerprint density at radius 1 is 0.350 bits per heavy atom. The zero-order valence-corrected chi connectivity index (χ0v) is 33.3. The lowest BCUT2D eigenvalue weighted by Crippen LogP contribution is -2.15. The molecule has 0 saturated heterocycles. The van der Waals surface area contributed by atoms with E-state index in [0.717, 1.165) is 38.7 Å². The van der Waals surface area contributed by atoms with Gasteiger partial charge >= 0.3 is 0 Å². The summed E-state index contributed by atoms with van der Waals surface area (Å²) >= 11 is 0. The molecule has 2 aromatic heterocycles. The van der Waals surface area contributed by atoms with Crippen LogP contribution in [0.5, 0.6) is 0 Å². The van der Waals surface area contributed by atoms with E-state index in [1.54, 1.807) is 0 Å². The van der Waals surface area contributed by atoms with Crippen molar-refractivity contribution in [2.24, 2.45) is 0 Å². The van der Waals surface area contributed by atoms with Gasteiger partial charge in [0.25, 0.3) is 0 Å². The van der Waals surface area contributed by atoms with E-state index in [4.69, 9.17) is 15.0 Å². The van der Waals surface area contributed by atoms with Gasteiger partial charge in [0.15, 0.2) is 17.5 Å². The van der Waals surface area contributed by atoms with Gasteiger partial charge in [-0.15, -0.1) is 0 Å². The number of aromatic nitrogens is 4. The molecule has 0 unspecified atom stereocenters. The third-order valence-electron chi connectivity index (χ3n) is 12.6. The van der Waals surface area contributed by atoms with Crippen LogP contribution in [-0.2, 0) is 5.41 Å². The quantitative estimate of drug-likeness (QED) is 0.175. The third kappa shape index (κ3) is 5.27. The highest BCUT2D eigenvalue weighted by Gasteiger charge is 2.37. The van der Waals surface area contributed by atoms with Gasteiger partial charge in [-0.25, -0.2) is 15.0 Å². The molecule has 12 rings (SSSR count). The molecule has 4 heteroatoms. The summed E-state index contributed by atoms with van der Waals surface area (Å²) in [6.07, 6.45) is 0. The summed E-state index contributed by atoms with van der Waals surface area (Å²) < 4.78 is 2.47. The molecule has 0 bridgehead atoms. The fourth-order valence-electron chi connectivity index (χ4n) is 9.60. The van der Waals surface area contributed by atoms with Crippen molar-refractivity contribution >= 4 is 43.4 Å². The first-order valence-corrected chi connectivity index (χ1v) is 20.6. The molecule has 0 aliphatic heterocycles. The third-order valence-corrected chi connectivity index (χ3v) is 12.6. The van der Waals surface area contributed by atoms with Crippen molar-refractivity contribution in [2.45, 2.75) is 19.3 Å². The second kappa shape index (κ2) is 13.2. The van der Waals surface area contributed by atoms with Crippen LogP contribution in [0.2, 0.25) is 0 Å². The van der Waals surface area contributed by atoms with E-state index in [2.05, 4.69) is 188 Å². The molecule has 9 aromatic carbocycles. The highest BCUT2D eigenvalue weighted by atomic mass is 15.0. The fourth-order valence-corrected chi connectivity index (χ4v) is 9.60. The van der Waals surface area contributed by atoms with Gasteiger partial charge < -0.3 is 4.57 Å². The van der Waals surface area contributed by atoms with E-state index in [1.807, 2.05) is 24.3 Å². The van der Waals surface area contributed by atoms with Crippen molar-refractivity contribution in [1.82, 2.24) is 19.5 Å². The summed E-state index contributed by atoms with van der Waals surface area (Å²) in [4.78, 5) is 15.4. The highest BCUT2D eigenvalue weighted by molar-refractivity contribution is 6.13. The number of hydrogen-bond donors (Lipinski definition) is 0. The average Bonchev–Trinajstić information content (AvgIpc) is 3.74. The number of hydrogen-bond acceptors (Lipinski definition) is 3. The molecule has 11 aromatic rings. The van der Waals surface area contributed by atoms with Gasteiger partial charge in [0.2, 0.25) is 0 Å². The Morgan fingerprint density at radius 2 is 0.867 bits per heavy atom. The van der Waals surface area contributed by atoms with Gasteiger partial charge in [0, 0.05) is 38.3 Å². The Balaban J connectivity index is 1.05. The van der Waals surface area contributed by atoms with E-state index in [9.17, 15) is 0 Å². The molecule has 0 amide bonds. The van der Waals surface area contributed by atoms with E-state index in [0.29, 0.717) is 17.5 Å². The second-order valence-electron chi connectivity index (χ2n) is 16.4. The van der Waals surface area contributed by atoms with Gasteiger partial charge in [-0.05, 0) is 92.0 Å². The maximum Gasteiger partial charge on any atom is 0.164 e. The maximum atomic E-state index is 5.21. The minimum absolute atomic E-state index is 0.162. The Morgan fingerprint density at radius 3 is 1.60 bits per heavy atom. The molecule has 1 aliphatic rings. The average molecular weight is 767 g/mol. The van der Waals surface area contributed by atoms with Crippen LogP contribution < -0.4 is 0 Å². The molecule has 0 saturated carbocycles. The van der Waals surface area contributed by atoms with Crippen LogP contribution in [0, 0.1) is 0 Å². The number of nitrogens with zero attached hydrogens (tertiary/aromatic N) is 4. The summed E-state index contributed by atoms with van der Waals surface area (Å²) in [7, 11) is 0. The van der Waals surface area contributed by atoms with Gasteiger partial charge in [-0.3, -0.25) is 0 Å². The predicted molar refractivity (Wildman–Crippen MR) is 248 cm³/mol. The number of benzene rings is 9. The van der Waals surface area contributed by atoms with Crippen LogP contribution >= 0.6 is 0 Å². The van der Waals surface area contributed by atoms with Crippen LogP contribution in [0.3, 0.4) is 0 Å². The molecule has 0 atom stereocenters. The molecule has 0 spiro atoms. The van der Waals surface area contributed by atoms with E-state index in [1.165, 1.54) is 60.4 Å². The molecule has 282 valence electrons. The summed E-state index contributed by atoms with van der Waals surface area (Å²) in [5.41, 5.74) is 13.9. The Kier molecular flexibility index (Phi) is 7.54. The zero-order chi connectivity index (χ0) is 40.0. The number of para-hydroxylation sites is 1. The van der Waals surface area contributed by atoms with Gasteiger partial charge in [-0.2, -0.15) is 0 Å². The summed E-state index contributed by atoms with van der Waals surface area (Å²) in [6.45, 7) is 4.75. The summed E-state index contributed by atoms with van der Waals surface area (Å²) in [6, 6.07) is 69.5. The van der Waals surface area contributed by atoms with Gasteiger partial charge in [0.05, 0.1) is 16.7 Å². The predicted octanol–water partition coefficient (Wildman–Crippen LogP) is 14.2. The lowest BCUT2D eigenvalue weighted by atomic mass is 9.81. The van der Waals surface area contributed by atoms with Crippen molar-refractivity contribution in [3.05, 3.63) is 205 Å². The van der Waals surface area contributed by atoms with Crippen LogP contribution in [0.25, 0.3) is 105 Å². The standard InChI is InChI=1S/C56H38N4/c1-56(2)48-32-40-20-10-9-19-39(40)31-45(48)46-33-47-43-23-13-14-24-50(43)60(52(47)34-49(46)56)51-30-29-44(41-21-11-12-22-42(41)51)55-58-53(37-17-7-4-8-18-37)57-54(59-55)38-27-25-36(26-28-38)35-15-5-3-6-16-35/h3-34H,1-2H3. The largest absolute Gasteiger partial charge is 0.309 e. The van der Waals surface area contributed by atoms with E-state index >= 15 is 0 Å². The topological polar surface area (TPSA) is 43.6 Å². The first kappa shape index (κ1) is 34.4. The molecule has 1 aliphatic carbocycles. The summed E-state index contributed by atoms with van der Waals surface area (Å²) in [5, 5.41) is 7.26. The molecule has 0 N–H and O–H groups in total. The highest BCUT2D eigenvalue weighted by Crippen LogP contribution is 2.52. The van der Waals surface area contributed by atoms with Crippen LogP contribution in [0.4, 0.5) is 0 Å². The molecule has 0 fully saturated rings. The minimum atomic E-state index is -0.162. The van der Waals surface area contributed by atoms with Gasteiger partial charge in [0.1, 0.15) is 0 Å². The lowest BCUT2D eigenvalue weighted by molar-refractivity contribution is 0.662. The van der Waals surface area contributed by atoms with Crippen LogP contribution in [0.15, 0.2) is 194 Å². The monoisotopic (exact) mass is 766 g/mol. The van der Waals surface area contributed by atoms with Gasteiger partial charge in [-0.1, -0.05) is 166 Å². The zero-order valence-electron chi connectivity index (χ0n) is 33.3.